The zero-order valence-corrected chi connectivity index (χ0v) is 21.7. The van der Waals surface area contributed by atoms with Gasteiger partial charge in [-0.25, -0.2) is 12.8 Å². The highest BCUT2D eigenvalue weighted by Gasteiger charge is 2.39. The summed E-state index contributed by atoms with van der Waals surface area (Å²) in [6.07, 6.45) is 2.21. The van der Waals surface area contributed by atoms with Crippen LogP contribution in [-0.4, -0.2) is 63.6 Å². The molecule has 0 atom stereocenters. The molecule has 2 fully saturated rings. The Bertz CT molecular complexity index is 1260. The van der Waals surface area contributed by atoms with Gasteiger partial charge in [0.05, 0.1) is 16.3 Å². The molecule has 0 radical (unpaired) electrons. The van der Waals surface area contributed by atoms with Gasteiger partial charge in [0.25, 0.3) is 0 Å². The molecule has 3 aliphatic rings. The maximum atomic E-state index is 13.4. The molecule has 0 aromatic heterocycles. The first kappa shape index (κ1) is 24.2. The zero-order chi connectivity index (χ0) is 24.7. The highest BCUT2D eigenvalue weighted by atomic mass is 79.9. The number of hydrogen-bond acceptors (Lipinski definition) is 5. The van der Waals surface area contributed by atoms with Crippen molar-refractivity contribution in [1.82, 2.24) is 4.90 Å². The van der Waals surface area contributed by atoms with Crippen LogP contribution in [0.4, 0.5) is 15.8 Å². The van der Waals surface area contributed by atoms with Crippen molar-refractivity contribution in [2.24, 2.45) is 5.92 Å². The summed E-state index contributed by atoms with van der Waals surface area (Å²) in [7, 11) is -3.79. The third-order valence-corrected chi connectivity index (χ3v) is 9.11. The summed E-state index contributed by atoms with van der Waals surface area (Å²) in [5.41, 5.74) is 2.23. The Kier molecular flexibility index (Phi) is 6.61. The topological polar surface area (TPSA) is 78.0 Å². The number of halogens is 2. The molecule has 0 spiro atoms. The summed E-state index contributed by atoms with van der Waals surface area (Å²) in [5.74, 6) is -0.809. The van der Waals surface area contributed by atoms with Crippen LogP contribution in [0.25, 0.3) is 0 Å². The van der Waals surface area contributed by atoms with Gasteiger partial charge in [-0.1, -0.05) is 15.9 Å². The van der Waals surface area contributed by atoms with E-state index in [0.717, 1.165) is 24.1 Å². The number of piperazine rings is 1. The Labute approximate surface area is 212 Å². The molecule has 10 heteroatoms. The molecule has 1 aliphatic carbocycles. The normalized spacial score (nSPS) is 18.1. The first-order chi connectivity index (χ1) is 16.7. The molecule has 5 rings (SSSR count). The fourth-order valence-corrected chi connectivity index (χ4v) is 7.00. The van der Waals surface area contributed by atoms with E-state index in [9.17, 15) is 22.4 Å². The van der Waals surface area contributed by atoms with Crippen LogP contribution in [0.5, 0.6) is 0 Å². The van der Waals surface area contributed by atoms with Crippen molar-refractivity contribution < 1.29 is 22.4 Å². The second kappa shape index (κ2) is 9.54. The largest absolute Gasteiger partial charge is 0.368 e. The molecular weight excluding hydrogens is 537 g/mol. The van der Waals surface area contributed by atoms with Gasteiger partial charge in [-0.2, -0.15) is 0 Å². The van der Waals surface area contributed by atoms with Crippen LogP contribution in [0.1, 0.15) is 24.8 Å². The molecule has 2 heterocycles. The number of nitrogens with zero attached hydrogens (tertiary/aromatic N) is 3. The highest BCUT2D eigenvalue weighted by Crippen LogP contribution is 2.41. The Morgan fingerprint density at radius 1 is 1.00 bits per heavy atom. The van der Waals surface area contributed by atoms with Crippen molar-refractivity contribution in [2.75, 3.05) is 48.3 Å². The number of fused-ring (bicyclic) bond motifs is 1. The van der Waals surface area contributed by atoms with Gasteiger partial charge < -0.3 is 14.7 Å². The van der Waals surface area contributed by atoms with Crippen molar-refractivity contribution in [3.63, 3.8) is 0 Å². The minimum absolute atomic E-state index is 0.00220. The van der Waals surface area contributed by atoms with E-state index in [1.54, 1.807) is 28.0 Å². The van der Waals surface area contributed by atoms with Crippen LogP contribution in [0.2, 0.25) is 0 Å². The third kappa shape index (κ3) is 5.09. The minimum atomic E-state index is -3.79. The maximum Gasteiger partial charge on any atom is 0.230 e. The first-order valence-electron chi connectivity index (χ1n) is 11.9. The molecule has 2 aromatic rings. The van der Waals surface area contributed by atoms with E-state index in [4.69, 9.17) is 0 Å². The Hall–Kier alpha value is -2.46. The SMILES string of the molecule is O=C(CCS(=O)(=O)c1cc(Br)cc2c1N(C(=O)C1CC1)CC2)N1CCN(c2ccc(F)cc2)CC1. The van der Waals surface area contributed by atoms with Crippen molar-refractivity contribution >= 4 is 49.0 Å². The van der Waals surface area contributed by atoms with Crippen molar-refractivity contribution in [1.29, 1.82) is 0 Å². The summed E-state index contributed by atoms with van der Waals surface area (Å²) in [4.78, 5) is 31.2. The van der Waals surface area contributed by atoms with Crippen molar-refractivity contribution in [3.05, 3.63) is 52.3 Å². The van der Waals surface area contributed by atoms with E-state index in [-0.39, 0.29) is 40.6 Å². The number of anilines is 2. The fourth-order valence-electron chi connectivity index (χ4n) is 4.83. The van der Waals surface area contributed by atoms with Crippen LogP contribution in [0.3, 0.4) is 0 Å². The third-order valence-electron chi connectivity index (χ3n) is 6.93. The highest BCUT2D eigenvalue weighted by molar-refractivity contribution is 9.10. The van der Waals surface area contributed by atoms with Gasteiger partial charge in [0.15, 0.2) is 9.84 Å². The van der Waals surface area contributed by atoms with Gasteiger partial charge in [0.1, 0.15) is 5.82 Å². The van der Waals surface area contributed by atoms with Crippen LogP contribution in [0, 0.1) is 11.7 Å². The molecule has 0 unspecified atom stereocenters. The Morgan fingerprint density at radius 2 is 1.69 bits per heavy atom. The van der Waals surface area contributed by atoms with E-state index in [0.29, 0.717) is 49.3 Å². The summed E-state index contributed by atoms with van der Waals surface area (Å²) >= 11 is 3.41. The number of sulfone groups is 1. The van der Waals surface area contributed by atoms with Crippen LogP contribution in [0.15, 0.2) is 45.8 Å². The molecule has 7 nitrogen and oxygen atoms in total. The fraction of sp³-hybridized carbons (Fsp3) is 0.440. The van der Waals surface area contributed by atoms with Crippen LogP contribution < -0.4 is 9.80 Å². The van der Waals surface area contributed by atoms with Crippen LogP contribution >= 0.6 is 15.9 Å². The average Bonchev–Trinajstić information content (AvgIpc) is 3.62. The first-order valence-corrected chi connectivity index (χ1v) is 14.3. The lowest BCUT2D eigenvalue weighted by Gasteiger charge is -2.36. The number of hydrogen-bond donors (Lipinski definition) is 0. The molecule has 2 aliphatic heterocycles. The summed E-state index contributed by atoms with van der Waals surface area (Å²) < 4.78 is 40.6. The van der Waals surface area contributed by atoms with E-state index >= 15 is 0 Å². The van der Waals surface area contributed by atoms with E-state index < -0.39 is 9.84 Å². The molecule has 1 saturated heterocycles. The molecule has 1 saturated carbocycles. The smallest absolute Gasteiger partial charge is 0.230 e. The summed E-state index contributed by atoms with van der Waals surface area (Å²) in [5, 5.41) is 0. The van der Waals surface area contributed by atoms with Gasteiger partial charge in [-0.15, -0.1) is 0 Å². The quantitative estimate of drug-likeness (QED) is 0.538. The summed E-state index contributed by atoms with van der Waals surface area (Å²) in [6.45, 7) is 2.64. The summed E-state index contributed by atoms with van der Waals surface area (Å²) in [6, 6.07) is 9.69. The number of rotatable bonds is 6. The number of benzene rings is 2. The van der Waals surface area contributed by atoms with E-state index in [2.05, 4.69) is 20.8 Å². The molecule has 2 aromatic carbocycles. The number of carbonyl (C=O) groups is 2. The second-order valence-electron chi connectivity index (χ2n) is 9.34. The molecule has 0 N–H and O–H groups in total. The minimum Gasteiger partial charge on any atom is -0.368 e. The average molecular weight is 564 g/mol. The molecular formula is C25H27BrFN3O4S. The predicted molar refractivity (Wildman–Crippen MR) is 135 cm³/mol. The van der Waals surface area contributed by atoms with Gasteiger partial charge in [0.2, 0.25) is 11.8 Å². The monoisotopic (exact) mass is 563 g/mol. The Morgan fingerprint density at radius 3 is 2.34 bits per heavy atom. The molecule has 186 valence electrons. The van der Waals surface area contributed by atoms with Gasteiger partial charge in [-0.05, 0) is 61.2 Å². The number of carbonyl (C=O) groups excluding carboxylic acids is 2. The van der Waals surface area contributed by atoms with Gasteiger partial charge in [-0.3, -0.25) is 9.59 Å². The molecule has 35 heavy (non-hydrogen) atoms. The predicted octanol–water partition coefficient (Wildman–Crippen LogP) is 3.40. The van der Waals surface area contributed by atoms with E-state index in [1.165, 1.54) is 12.1 Å². The lowest BCUT2D eigenvalue weighted by atomic mass is 10.2. The lowest BCUT2D eigenvalue weighted by molar-refractivity contribution is -0.131. The molecule has 0 bridgehead atoms. The maximum absolute atomic E-state index is 13.4. The lowest BCUT2D eigenvalue weighted by Crippen LogP contribution is -2.49. The van der Waals surface area contributed by atoms with Gasteiger partial charge >= 0.3 is 0 Å². The number of amides is 2. The van der Waals surface area contributed by atoms with Crippen LogP contribution in [-0.2, 0) is 25.8 Å². The standard InChI is InChI=1S/C25H27BrFN3O4S/c26-19-15-18-7-9-30(25(32)17-1-2-17)24(18)22(16-19)35(33,34)14-8-23(31)29-12-10-28(11-13-29)21-5-3-20(27)4-6-21/h3-6,15-17H,1-2,7-14H2. The zero-order valence-electron chi connectivity index (χ0n) is 19.3. The molecule has 2 amide bonds. The van der Waals surface area contributed by atoms with Crippen molar-refractivity contribution in [2.45, 2.75) is 30.6 Å². The second-order valence-corrected chi connectivity index (χ2v) is 12.3. The van der Waals surface area contributed by atoms with E-state index in [1.807, 2.05) is 6.07 Å². The van der Waals surface area contributed by atoms with Gasteiger partial charge in [0, 0.05) is 55.2 Å². The Balaban J connectivity index is 1.25. The van der Waals surface area contributed by atoms with Crippen molar-refractivity contribution in [3.8, 4) is 0 Å².